The number of rotatable bonds is 7. The fourth-order valence-electron chi connectivity index (χ4n) is 2.98. The first kappa shape index (κ1) is 18.8. The van der Waals surface area contributed by atoms with Crippen LogP contribution in [-0.2, 0) is 0 Å². The van der Waals surface area contributed by atoms with Gasteiger partial charge in [0.05, 0.1) is 23.2 Å². The number of halogens is 2. The predicted molar refractivity (Wildman–Crippen MR) is 99.3 cm³/mol. The van der Waals surface area contributed by atoms with Crippen LogP contribution in [0, 0.1) is 0 Å². The average molecular weight is 373 g/mol. The van der Waals surface area contributed by atoms with E-state index < -0.39 is 12.5 Å². The molecule has 0 aliphatic rings. The van der Waals surface area contributed by atoms with Crippen LogP contribution in [0.3, 0.4) is 0 Å². The van der Waals surface area contributed by atoms with Gasteiger partial charge in [-0.2, -0.15) is 8.78 Å². The molecule has 3 rings (SSSR count). The monoisotopic (exact) mass is 373 g/mol. The molecule has 0 saturated heterocycles. The van der Waals surface area contributed by atoms with Crippen molar-refractivity contribution in [1.29, 1.82) is 0 Å². The number of aromatic nitrogens is 2. The number of alkyl halides is 2. The summed E-state index contributed by atoms with van der Waals surface area (Å²) < 4.78 is 33.5. The number of para-hydroxylation sites is 3. The quantitative estimate of drug-likeness (QED) is 0.669. The molecule has 0 radical (unpaired) electrons. The number of fused-ring (bicyclic) bond motifs is 1. The molecule has 0 fully saturated rings. The molecule has 7 heteroatoms. The second-order valence-corrected chi connectivity index (χ2v) is 6.15. The fraction of sp³-hybridized carbons (Fsp3) is 0.300. The highest BCUT2D eigenvalue weighted by Gasteiger charge is 2.22. The molecule has 1 N–H and O–H groups in total. The van der Waals surface area contributed by atoms with Crippen molar-refractivity contribution in [2.45, 2.75) is 26.3 Å². The topological polar surface area (TPSA) is 56.1 Å². The van der Waals surface area contributed by atoms with E-state index in [4.69, 9.17) is 4.74 Å². The lowest BCUT2D eigenvalue weighted by Crippen LogP contribution is -2.29. The molecule has 5 nitrogen and oxygen atoms in total. The van der Waals surface area contributed by atoms with Crippen LogP contribution in [-0.4, -0.2) is 28.6 Å². The molecule has 0 aliphatic heterocycles. The molecule has 0 unspecified atom stereocenters. The van der Waals surface area contributed by atoms with Gasteiger partial charge in [0.1, 0.15) is 11.6 Å². The van der Waals surface area contributed by atoms with Crippen LogP contribution in [0.1, 0.15) is 42.5 Å². The first-order valence-corrected chi connectivity index (χ1v) is 8.78. The van der Waals surface area contributed by atoms with Crippen LogP contribution in [0.4, 0.5) is 8.78 Å². The number of amides is 1. The Balaban J connectivity index is 1.79. The summed E-state index contributed by atoms with van der Waals surface area (Å²) in [6.07, 6.45) is 0. The molecule has 1 heterocycles. The number of nitrogens with zero attached hydrogens (tertiary/aromatic N) is 2. The molecule has 1 aromatic heterocycles. The van der Waals surface area contributed by atoms with Crippen LogP contribution in [0.15, 0.2) is 48.5 Å². The van der Waals surface area contributed by atoms with Gasteiger partial charge in [-0.25, -0.2) is 4.98 Å². The van der Waals surface area contributed by atoms with E-state index in [1.165, 1.54) is 0 Å². The van der Waals surface area contributed by atoms with Gasteiger partial charge in [0.2, 0.25) is 0 Å². The molecule has 142 valence electrons. The normalized spacial score (nSPS) is 12.3. The average Bonchev–Trinajstić information content (AvgIpc) is 3.06. The Labute approximate surface area is 156 Å². The Hall–Kier alpha value is -2.96. The number of benzene rings is 2. The van der Waals surface area contributed by atoms with Crippen molar-refractivity contribution in [3.8, 4) is 5.75 Å². The zero-order valence-electron chi connectivity index (χ0n) is 15.2. The highest BCUT2D eigenvalue weighted by Crippen LogP contribution is 2.27. The highest BCUT2D eigenvalue weighted by molar-refractivity contribution is 5.96. The van der Waals surface area contributed by atoms with Crippen LogP contribution in [0.25, 0.3) is 11.0 Å². The highest BCUT2D eigenvalue weighted by atomic mass is 19.3. The minimum absolute atomic E-state index is 0.176. The van der Waals surface area contributed by atoms with Gasteiger partial charge in [-0.1, -0.05) is 31.2 Å². The van der Waals surface area contributed by atoms with Gasteiger partial charge in [-0.05, 0) is 31.2 Å². The minimum Gasteiger partial charge on any atom is -0.493 e. The lowest BCUT2D eigenvalue weighted by atomic mass is 10.1. The maximum atomic E-state index is 13.6. The number of carbonyl (C=O) groups is 1. The lowest BCUT2D eigenvalue weighted by Gasteiger charge is -2.16. The lowest BCUT2D eigenvalue weighted by molar-refractivity contribution is 0.0704. The maximum absolute atomic E-state index is 13.6. The second-order valence-electron chi connectivity index (χ2n) is 6.15. The van der Waals surface area contributed by atoms with Gasteiger partial charge in [0, 0.05) is 12.5 Å². The molecule has 2 aromatic carbocycles. The third kappa shape index (κ3) is 3.92. The standard InChI is InChI=1S/C20H21F2N3O2/c1-3-27-17-11-7-4-8-14(17)19(26)23-12-13(2)18-24-15-9-5-6-10-16(15)25(18)20(21)22/h4-11,13,20H,3,12H2,1-2H3,(H,23,26)/t13-/m1/s1. The third-order valence-corrected chi connectivity index (χ3v) is 4.26. The Morgan fingerprint density at radius 3 is 2.63 bits per heavy atom. The summed E-state index contributed by atoms with van der Waals surface area (Å²) >= 11 is 0. The van der Waals surface area contributed by atoms with Crippen molar-refractivity contribution >= 4 is 16.9 Å². The van der Waals surface area contributed by atoms with Crippen molar-refractivity contribution in [3.63, 3.8) is 0 Å². The first-order valence-electron chi connectivity index (χ1n) is 8.78. The molecular formula is C20H21F2N3O2. The molecule has 0 aliphatic carbocycles. The molecule has 0 bridgehead atoms. The van der Waals surface area contributed by atoms with Crippen LogP contribution in [0.5, 0.6) is 5.75 Å². The Kier molecular flexibility index (Phi) is 5.69. The van der Waals surface area contributed by atoms with E-state index in [0.717, 1.165) is 4.57 Å². The van der Waals surface area contributed by atoms with E-state index >= 15 is 0 Å². The fourth-order valence-corrected chi connectivity index (χ4v) is 2.98. The van der Waals surface area contributed by atoms with Crippen molar-refractivity contribution in [3.05, 3.63) is 59.9 Å². The summed E-state index contributed by atoms with van der Waals surface area (Å²) in [7, 11) is 0. The van der Waals surface area contributed by atoms with Gasteiger partial charge in [-0.15, -0.1) is 0 Å². The second kappa shape index (κ2) is 8.16. The van der Waals surface area contributed by atoms with Crippen LogP contribution >= 0.6 is 0 Å². The SMILES string of the molecule is CCOc1ccccc1C(=O)NC[C@@H](C)c1nc2ccccc2n1C(F)F. The molecule has 27 heavy (non-hydrogen) atoms. The molecule has 1 atom stereocenters. The van der Waals surface area contributed by atoms with Crippen molar-refractivity contribution in [2.75, 3.05) is 13.2 Å². The molecule has 3 aromatic rings. The number of hydrogen-bond donors (Lipinski definition) is 1. The van der Waals surface area contributed by atoms with Gasteiger partial charge in [-0.3, -0.25) is 9.36 Å². The molecule has 0 saturated carbocycles. The summed E-state index contributed by atoms with van der Waals surface area (Å²) in [6, 6.07) is 13.7. The third-order valence-electron chi connectivity index (χ3n) is 4.26. The maximum Gasteiger partial charge on any atom is 0.320 e. The van der Waals surface area contributed by atoms with Crippen LogP contribution < -0.4 is 10.1 Å². The van der Waals surface area contributed by atoms with Crippen LogP contribution in [0.2, 0.25) is 0 Å². The predicted octanol–water partition coefficient (Wildman–Crippen LogP) is 4.36. The van der Waals surface area contributed by atoms with Gasteiger partial charge >= 0.3 is 6.55 Å². The first-order chi connectivity index (χ1) is 13.0. The molecular weight excluding hydrogens is 352 g/mol. The van der Waals surface area contributed by atoms with E-state index in [-0.39, 0.29) is 18.3 Å². The van der Waals surface area contributed by atoms with Gasteiger partial charge in [0.25, 0.3) is 5.91 Å². The number of nitrogens with one attached hydrogen (secondary N) is 1. The van der Waals surface area contributed by atoms with E-state index in [1.54, 1.807) is 55.5 Å². The Bertz CT molecular complexity index is 940. The van der Waals surface area contributed by atoms with E-state index in [2.05, 4.69) is 10.3 Å². The Morgan fingerprint density at radius 1 is 1.19 bits per heavy atom. The number of imidazole rings is 1. The number of hydrogen-bond acceptors (Lipinski definition) is 3. The van der Waals surface area contributed by atoms with Crippen molar-refractivity contribution in [2.24, 2.45) is 0 Å². The largest absolute Gasteiger partial charge is 0.493 e. The smallest absolute Gasteiger partial charge is 0.320 e. The minimum atomic E-state index is -2.70. The summed E-state index contributed by atoms with van der Waals surface area (Å²) in [5, 5.41) is 2.79. The van der Waals surface area contributed by atoms with E-state index in [0.29, 0.717) is 29.0 Å². The summed E-state index contributed by atoms with van der Waals surface area (Å²) in [5.74, 6) is 0.0229. The van der Waals surface area contributed by atoms with Crippen molar-refractivity contribution < 1.29 is 18.3 Å². The summed E-state index contributed by atoms with van der Waals surface area (Å²) in [5.41, 5.74) is 1.30. The van der Waals surface area contributed by atoms with Crippen molar-refractivity contribution in [1.82, 2.24) is 14.9 Å². The number of ether oxygens (including phenoxy) is 1. The van der Waals surface area contributed by atoms with E-state index in [1.807, 2.05) is 6.92 Å². The summed E-state index contributed by atoms with van der Waals surface area (Å²) in [4.78, 5) is 16.8. The number of carbonyl (C=O) groups excluding carboxylic acids is 1. The Morgan fingerprint density at radius 2 is 1.89 bits per heavy atom. The molecule has 1 amide bonds. The van der Waals surface area contributed by atoms with E-state index in [9.17, 15) is 13.6 Å². The zero-order chi connectivity index (χ0) is 19.4. The molecule has 0 spiro atoms. The van der Waals surface area contributed by atoms with Gasteiger partial charge < -0.3 is 10.1 Å². The van der Waals surface area contributed by atoms with Gasteiger partial charge in [0.15, 0.2) is 0 Å². The zero-order valence-corrected chi connectivity index (χ0v) is 15.2. The summed E-state index contributed by atoms with van der Waals surface area (Å²) in [6.45, 7) is 1.51.